The van der Waals surface area contributed by atoms with Crippen molar-refractivity contribution in [3.05, 3.63) is 71.3 Å². The molecule has 4 rings (SSSR count). The zero-order valence-corrected chi connectivity index (χ0v) is 17.8. The van der Waals surface area contributed by atoms with Crippen molar-refractivity contribution >= 4 is 11.8 Å². The van der Waals surface area contributed by atoms with Crippen LogP contribution in [0.25, 0.3) is 0 Å². The zero-order chi connectivity index (χ0) is 22.7. The highest BCUT2D eigenvalue weighted by atomic mass is 19.1. The number of rotatable bonds is 7. The van der Waals surface area contributed by atoms with Gasteiger partial charge in [0.25, 0.3) is 0 Å². The first-order valence-electron chi connectivity index (χ1n) is 11.0. The molecule has 1 heterocycles. The van der Waals surface area contributed by atoms with Gasteiger partial charge in [0.2, 0.25) is 11.8 Å². The molecule has 0 bridgehead atoms. The minimum Gasteiger partial charge on any atom is -0.389 e. The quantitative estimate of drug-likeness (QED) is 0.653. The van der Waals surface area contributed by atoms with Crippen LogP contribution in [-0.2, 0) is 14.3 Å². The molecule has 1 unspecified atom stereocenters. The molecule has 7 heteroatoms. The normalized spacial score (nSPS) is 19.2. The lowest BCUT2D eigenvalue weighted by atomic mass is 9.73. The Morgan fingerprint density at radius 2 is 1.44 bits per heavy atom. The fourth-order valence-corrected chi connectivity index (χ4v) is 4.79. The number of hydrogen-bond acceptors (Lipinski definition) is 4. The van der Waals surface area contributed by atoms with Crippen LogP contribution in [0.15, 0.2) is 48.5 Å². The summed E-state index contributed by atoms with van der Waals surface area (Å²) in [5.74, 6) is -1.22. The van der Waals surface area contributed by atoms with Crippen molar-refractivity contribution in [1.82, 2.24) is 4.90 Å². The van der Waals surface area contributed by atoms with Gasteiger partial charge in [-0.1, -0.05) is 43.5 Å². The van der Waals surface area contributed by atoms with Gasteiger partial charge in [0.15, 0.2) is 0 Å². The minimum absolute atomic E-state index is 0.126. The number of ether oxygens (including phenoxy) is 1. The predicted molar refractivity (Wildman–Crippen MR) is 113 cm³/mol. The Morgan fingerprint density at radius 1 is 0.906 bits per heavy atom. The second-order valence-corrected chi connectivity index (χ2v) is 8.80. The summed E-state index contributed by atoms with van der Waals surface area (Å²) in [5, 5.41) is 10.6. The predicted octanol–water partition coefficient (Wildman–Crippen LogP) is 4.14. The Bertz CT molecular complexity index is 909. The van der Waals surface area contributed by atoms with E-state index in [1.54, 1.807) is 24.3 Å². The number of carbonyl (C=O) groups excluding carboxylic acids is 2. The van der Waals surface area contributed by atoms with Gasteiger partial charge < -0.3 is 9.84 Å². The Kier molecular flexibility index (Phi) is 6.67. The number of nitrogens with zero attached hydrogens (tertiary/aromatic N) is 1. The molecule has 2 aliphatic rings. The lowest BCUT2D eigenvalue weighted by molar-refractivity contribution is -0.144. The van der Waals surface area contributed by atoms with Crippen LogP contribution >= 0.6 is 0 Å². The second kappa shape index (κ2) is 9.46. The molecule has 1 spiro atoms. The Labute approximate surface area is 186 Å². The number of benzene rings is 2. The van der Waals surface area contributed by atoms with Crippen LogP contribution in [0.3, 0.4) is 0 Å². The first kappa shape index (κ1) is 22.6. The van der Waals surface area contributed by atoms with E-state index < -0.39 is 29.3 Å². The SMILES string of the molecule is O=C1CC2(CCCCC2)C(=O)N1CC(O)COC(c1ccc(F)cc1)c1ccc(F)cc1. The molecule has 1 atom stereocenters. The average molecular weight is 443 g/mol. The number of hydrogen-bond donors (Lipinski definition) is 1. The standard InChI is InChI=1S/C25H27F2NO4/c26-19-8-4-17(5-9-19)23(18-6-10-20(27)11-7-18)32-16-21(29)15-28-22(30)14-25(24(28)31)12-2-1-3-13-25/h4-11,21,23,29H,1-3,12-16H2. The van der Waals surface area contributed by atoms with Crippen LogP contribution in [0, 0.1) is 17.0 Å². The number of halogens is 2. The molecule has 2 fully saturated rings. The molecule has 1 saturated heterocycles. The van der Waals surface area contributed by atoms with Gasteiger partial charge in [-0.15, -0.1) is 0 Å². The minimum atomic E-state index is -1.08. The number of carbonyl (C=O) groups is 2. The third-order valence-corrected chi connectivity index (χ3v) is 6.49. The molecule has 1 saturated carbocycles. The van der Waals surface area contributed by atoms with E-state index >= 15 is 0 Å². The van der Waals surface area contributed by atoms with Crippen molar-refractivity contribution in [2.75, 3.05) is 13.2 Å². The summed E-state index contributed by atoms with van der Waals surface area (Å²) in [6.07, 6.45) is 2.87. The summed E-state index contributed by atoms with van der Waals surface area (Å²) in [6.45, 7) is -0.275. The molecule has 0 aromatic heterocycles. The second-order valence-electron chi connectivity index (χ2n) is 8.80. The van der Waals surface area contributed by atoms with Crippen molar-refractivity contribution in [3.8, 4) is 0 Å². The lowest BCUT2D eigenvalue weighted by Crippen LogP contribution is -2.42. The van der Waals surface area contributed by atoms with E-state index in [-0.39, 0.29) is 31.4 Å². The van der Waals surface area contributed by atoms with Gasteiger partial charge in [-0.3, -0.25) is 14.5 Å². The molecule has 2 aromatic carbocycles. The maximum Gasteiger partial charge on any atom is 0.235 e. The molecule has 1 aliphatic carbocycles. The number of amides is 2. The largest absolute Gasteiger partial charge is 0.389 e. The topological polar surface area (TPSA) is 66.8 Å². The van der Waals surface area contributed by atoms with E-state index in [0.717, 1.165) is 32.1 Å². The van der Waals surface area contributed by atoms with Crippen molar-refractivity contribution in [2.24, 2.45) is 5.41 Å². The van der Waals surface area contributed by atoms with Gasteiger partial charge in [-0.05, 0) is 48.2 Å². The molecule has 1 N–H and O–H groups in total. The van der Waals surface area contributed by atoms with Gasteiger partial charge in [-0.25, -0.2) is 8.78 Å². The molecular weight excluding hydrogens is 416 g/mol. The van der Waals surface area contributed by atoms with E-state index in [4.69, 9.17) is 4.74 Å². The highest BCUT2D eigenvalue weighted by Crippen LogP contribution is 2.45. The summed E-state index contributed by atoms with van der Waals surface area (Å²) >= 11 is 0. The Balaban J connectivity index is 1.43. The molecule has 0 radical (unpaired) electrons. The van der Waals surface area contributed by atoms with E-state index in [1.165, 1.54) is 29.2 Å². The maximum absolute atomic E-state index is 13.4. The number of imide groups is 1. The van der Waals surface area contributed by atoms with E-state index in [9.17, 15) is 23.5 Å². The highest BCUT2D eigenvalue weighted by Gasteiger charge is 2.51. The molecule has 5 nitrogen and oxygen atoms in total. The van der Waals surface area contributed by atoms with Gasteiger partial charge in [-0.2, -0.15) is 0 Å². The maximum atomic E-state index is 13.4. The number of aliphatic hydroxyl groups is 1. The number of likely N-dealkylation sites (tertiary alicyclic amines) is 1. The lowest BCUT2D eigenvalue weighted by Gasteiger charge is -2.31. The summed E-state index contributed by atoms with van der Waals surface area (Å²) in [5.41, 5.74) is 0.681. The van der Waals surface area contributed by atoms with Crippen molar-refractivity contribution in [3.63, 3.8) is 0 Å². The summed E-state index contributed by atoms with van der Waals surface area (Å²) in [6, 6.07) is 11.5. The molecule has 2 amide bonds. The third-order valence-electron chi connectivity index (χ3n) is 6.49. The van der Waals surface area contributed by atoms with Crippen LogP contribution < -0.4 is 0 Å². The fraction of sp³-hybridized carbons (Fsp3) is 0.440. The molecule has 1 aliphatic heterocycles. The smallest absolute Gasteiger partial charge is 0.235 e. The third kappa shape index (κ3) is 4.74. The van der Waals surface area contributed by atoms with Gasteiger partial charge in [0.1, 0.15) is 17.7 Å². The van der Waals surface area contributed by atoms with Crippen molar-refractivity contribution < 1.29 is 28.2 Å². The van der Waals surface area contributed by atoms with Crippen LogP contribution in [-0.4, -0.2) is 41.1 Å². The van der Waals surface area contributed by atoms with Crippen LogP contribution in [0.4, 0.5) is 8.78 Å². The van der Waals surface area contributed by atoms with E-state index in [1.807, 2.05) is 0 Å². The molecular formula is C25H27F2NO4. The Hall–Kier alpha value is -2.64. The first-order chi connectivity index (χ1) is 15.4. The highest BCUT2D eigenvalue weighted by molar-refractivity contribution is 6.06. The van der Waals surface area contributed by atoms with Crippen LogP contribution in [0.5, 0.6) is 0 Å². The average Bonchev–Trinajstić information content (AvgIpc) is 3.00. The van der Waals surface area contributed by atoms with Gasteiger partial charge in [0, 0.05) is 6.42 Å². The monoisotopic (exact) mass is 443 g/mol. The summed E-state index contributed by atoms with van der Waals surface area (Å²) < 4.78 is 32.7. The van der Waals surface area contributed by atoms with Gasteiger partial charge >= 0.3 is 0 Å². The summed E-state index contributed by atoms with van der Waals surface area (Å²) in [4.78, 5) is 26.6. The fourth-order valence-electron chi connectivity index (χ4n) is 4.79. The summed E-state index contributed by atoms with van der Waals surface area (Å²) in [7, 11) is 0. The zero-order valence-electron chi connectivity index (χ0n) is 17.8. The van der Waals surface area contributed by atoms with E-state index in [2.05, 4.69) is 0 Å². The Morgan fingerprint density at radius 3 is 1.97 bits per heavy atom. The number of aliphatic hydroxyl groups excluding tert-OH is 1. The first-order valence-corrected chi connectivity index (χ1v) is 11.0. The van der Waals surface area contributed by atoms with Crippen molar-refractivity contribution in [2.45, 2.75) is 50.7 Å². The molecule has 170 valence electrons. The van der Waals surface area contributed by atoms with Crippen LogP contribution in [0.2, 0.25) is 0 Å². The molecule has 32 heavy (non-hydrogen) atoms. The van der Waals surface area contributed by atoms with Crippen LogP contribution in [0.1, 0.15) is 55.8 Å². The van der Waals surface area contributed by atoms with Crippen molar-refractivity contribution in [1.29, 1.82) is 0 Å². The van der Waals surface area contributed by atoms with E-state index in [0.29, 0.717) is 11.1 Å². The van der Waals surface area contributed by atoms with Gasteiger partial charge in [0.05, 0.1) is 24.7 Å². The number of β-amino-alcohol motifs (C(OH)–C–C–N with tert-alkyl or cyclic N) is 1. The molecule has 2 aromatic rings.